The molecule has 2 aromatic heterocycles. The molecule has 0 atom stereocenters. The van der Waals surface area contributed by atoms with Crippen molar-refractivity contribution in [2.75, 3.05) is 6.61 Å². The normalized spacial score (nSPS) is 14.8. The number of nitrogens with zero attached hydrogens (tertiary/aromatic N) is 1. The molecule has 0 spiro atoms. The molecule has 2 heterocycles. The van der Waals surface area contributed by atoms with Crippen LogP contribution < -0.4 is 4.74 Å². The van der Waals surface area contributed by atoms with Gasteiger partial charge in [-0.2, -0.15) is 0 Å². The largest absolute Gasteiger partial charge is 0.490 e. The predicted molar refractivity (Wildman–Crippen MR) is 108 cm³/mol. The molecule has 1 aliphatic rings. The molecule has 1 aromatic carbocycles. The molecule has 136 valence electrons. The Morgan fingerprint density at radius 3 is 2.65 bits per heavy atom. The van der Waals surface area contributed by atoms with Crippen molar-refractivity contribution in [3.05, 3.63) is 45.9 Å². The van der Waals surface area contributed by atoms with E-state index in [4.69, 9.17) is 9.47 Å². The average molecular weight is 434 g/mol. The third-order valence-electron chi connectivity index (χ3n) is 4.64. The summed E-state index contributed by atoms with van der Waals surface area (Å²) in [6.07, 6.45) is 5.10. The molecule has 3 aromatic rings. The van der Waals surface area contributed by atoms with Gasteiger partial charge in [0.25, 0.3) is 0 Å². The molecule has 0 amide bonds. The average Bonchev–Trinajstić information content (AvgIpc) is 3.32. The summed E-state index contributed by atoms with van der Waals surface area (Å²) in [5.74, 6) is 0.575. The Bertz CT molecular complexity index is 923. The fourth-order valence-corrected chi connectivity index (χ4v) is 5.01. The summed E-state index contributed by atoms with van der Waals surface area (Å²) in [6, 6.07) is 11.9. The van der Waals surface area contributed by atoms with Gasteiger partial charge in [-0.3, -0.25) is 0 Å². The van der Waals surface area contributed by atoms with E-state index in [1.54, 1.807) is 11.3 Å². The number of benzene rings is 1. The molecule has 1 saturated carbocycles. The summed E-state index contributed by atoms with van der Waals surface area (Å²) in [7, 11) is 0. The van der Waals surface area contributed by atoms with Crippen LogP contribution in [0.5, 0.6) is 5.75 Å². The quantitative estimate of drug-likeness (QED) is 0.466. The highest BCUT2D eigenvalue weighted by atomic mass is 79.9. The van der Waals surface area contributed by atoms with Crippen LogP contribution >= 0.6 is 27.3 Å². The number of carbonyl (C=O) groups excluding carboxylic acids is 1. The number of fused-ring (bicyclic) bond motifs is 1. The zero-order valence-corrected chi connectivity index (χ0v) is 16.9. The summed E-state index contributed by atoms with van der Waals surface area (Å²) in [5.41, 5.74) is 2.46. The van der Waals surface area contributed by atoms with E-state index in [1.807, 2.05) is 47.9 Å². The van der Waals surface area contributed by atoms with Crippen LogP contribution in [0.3, 0.4) is 0 Å². The van der Waals surface area contributed by atoms with Gasteiger partial charge in [-0.15, -0.1) is 11.3 Å². The minimum atomic E-state index is -0.307. The van der Waals surface area contributed by atoms with Crippen molar-refractivity contribution < 1.29 is 14.3 Å². The van der Waals surface area contributed by atoms with Crippen LogP contribution in [-0.4, -0.2) is 23.2 Å². The predicted octanol–water partition coefficient (Wildman–Crippen LogP) is 5.95. The topological polar surface area (TPSA) is 40.5 Å². The number of esters is 1. The number of rotatable bonds is 5. The number of thiophene rings is 1. The van der Waals surface area contributed by atoms with Gasteiger partial charge in [0.1, 0.15) is 11.4 Å². The van der Waals surface area contributed by atoms with E-state index < -0.39 is 0 Å². The lowest BCUT2D eigenvalue weighted by Gasteiger charge is -2.14. The second-order valence-electron chi connectivity index (χ2n) is 6.40. The number of carbonyl (C=O) groups is 1. The van der Waals surface area contributed by atoms with Crippen molar-refractivity contribution >= 4 is 43.5 Å². The van der Waals surface area contributed by atoms with E-state index in [0.717, 1.165) is 38.3 Å². The van der Waals surface area contributed by atoms with Gasteiger partial charge in [0.2, 0.25) is 0 Å². The van der Waals surface area contributed by atoms with E-state index in [9.17, 15) is 4.79 Å². The lowest BCUT2D eigenvalue weighted by Crippen LogP contribution is -2.12. The lowest BCUT2D eigenvalue weighted by atomic mass is 10.2. The first-order valence-electron chi connectivity index (χ1n) is 8.90. The summed E-state index contributed by atoms with van der Waals surface area (Å²) in [5, 5.41) is 0. The van der Waals surface area contributed by atoms with Crippen LogP contribution in [0.1, 0.15) is 43.1 Å². The monoisotopic (exact) mass is 433 g/mol. The molecule has 1 aliphatic carbocycles. The highest BCUT2D eigenvalue weighted by Crippen LogP contribution is 2.35. The van der Waals surface area contributed by atoms with E-state index in [2.05, 4.69) is 15.9 Å². The first kappa shape index (κ1) is 17.6. The molecule has 1 fully saturated rings. The highest BCUT2D eigenvalue weighted by Gasteiger charge is 2.20. The fraction of sp³-hybridized carbons (Fsp3) is 0.350. The van der Waals surface area contributed by atoms with Crippen LogP contribution in [0.25, 0.3) is 15.9 Å². The second-order valence-corrected chi connectivity index (χ2v) is 8.87. The van der Waals surface area contributed by atoms with E-state index in [1.165, 1.54) is 12.8 Å². The smallest absolute Gasteiger partial charge is 0.355 e. The molecule has 0 aliphatic heterocycles. The number of aromatic nitrogens is 1. The van der Waals surface area contributed by atoms with Crippen LogP contribution in [0.2, 0.25) is 0 Å². The van der Waals surface area contributed by atoms with E-state index in [0.29, 0.717) is 18.4 Å². The maximum Gasteiger partial charge on any atom is 0.355 e. The van der Waals surface area contributed by atoms with Gasteiger partial charge < -0.3 is 14.0 Å². The van der Waals surface area contributed by atoms with Gasteiger partial charge in [-0.1, -0.05) is 0 Å². The van der Waals surface area contributed by atoms with Crippen molar-refractivity contribution in [1.29, 1.82) is 0 Å². The van der Waals surface area contributed by atoms with Crippen molar-refractivity contribution in [2.24, 2.45) is 0 Å². The van der Waals surface area contributed by atoms with Crippen LogP contribution in [0, 0.1) is 0 Å². The van der Waals surface area contributed by atoms with Gasteiger partial charge in [-0.25, -0.2) is 4.79 Å². The molecular weight excluding hydrogens is 414 g/mol. The molecule has 6 heteroatoms. The molecule has 0 N–H and O–H groups in total. The molecule has 4 rings (SSSR count). The Labute approximate surface area is 164 Å². The lowest BCUT2D eigenvalue weighted by molar-refractivity contribution is 0.0517. The first-order chi connectivity index (χ1) is 12.7. The Hall–Kier alpha value is -1.79. The van der Waals surface area contributed by atoms with Crippen LogP contribution in [0.4, 0.5) is 0 Å². The van der Waals surface area contributed by atoms with E-state index >= 15 is 0 Å². The molecule has 0 radical (unpaired) electrons. The molecule has 26 heavy (non-hydrogen) atoms. The van der Waals surface area contributed by atoms with Gasteiger partial charge in [0.15, 0.2) is 0 Å². The Morgan fingerprint density at radius 2 is 1.96 bits per heavy atom. The first-order valence-corrected chi connectivity index (χ1v) is 10.5. The summed E-state index contributed by atoms with van der Waals surface area (Å²) in [6.45, 7) is 2.18. The van der Waals surface area contributed by atoms with Crippen molar-refractivity contribution in [3.63, 3.8) is 0 Å². The Balaban J connectivity index is 1.69. The van der Waals surface area contributed by atoms with E-state index in [-0.39, 0.29) is 5.97 Å². The number of halogens is 1. The van der Waals surface area contributed by atoms with Crippen molar-refractivity contribution in [3.8, 4) is 11.4 Å². The molecule has 0 saturated heterocycles. The Morgan fingerprint density at radius 1 is 1.23 bits per heavy atom. The fourth-order valence-electron chi connectivity index (χ4n) is 3.47. The van der Waals surface area contributed by atoms with Crippen LogP contribution in [-0.2, 0) is 4.74 Å². The Kier molecular flexibility index (Phi) is 5.05. The molecular formula is C20H20BrNO3S. The number of ether oxygens (including phenoxy) is 2. The highest BCUT2D eigenvalue weighted by molar-refractivity contribution is 9.11. The van der Waals surface area contributed by atoms with Crippen molar-refractivity contribution in [2.45, 2.75) is 38.7 Å². The summed E-state index contributed by atoms with van der Waals surface area (Å²) in [4.78, 5) is 12.4. The molecule has 4 nitrogen and oxygen atoms in total. The zero-order valence-electron chi connectivity index (χ0n) is 14.5. The summed E-state index contributed by atoms with van der Waals surface area (Å²) >= 11 is 5.14. The van der Waals surface area contributed by atoms with Gasteiger partial charge in [0.05, 0.1) is 26.7 Å². The zero-order chi connectivity index (χ0) is 18.1. The third kappa shape index (κ3) is 3.40. The van der Waals surface area contributed by atoms with Gasteiger partial charge in [-0.05, 0) is 84.9 Å². The second kappa shape index (κ2) is 7.45. The third-order valence-corrected chi connectivity index (χ3v) is 6.22. The SMILES string of the molecule is CCOC(=O)c1cc2sc(Br)cc2n1-c1ccc(OC2CCCC2)cc1. The number of hydrogen-bond acceptors (Lipinski definition) is 4. The number of hydrogen-bond donors (Lipinski definition) is 0. The maximum atomic E-state index is 12.4. The summed E-state index contributed by atoms with van der Waals surface area (Å²) < 4.78 is 15.3. The standard InChI is InChI=1S/C20H20BrNO3S/c1-2-24-20(23)17-11-18-16(12-19(21)26-18)22(17)13-7-9-15(10-8-13)25-14-5-3-4-6-14/h7-12,14H,2-6H2,1H3. The minimum Gasteiger partial charge on any atom is -0.490 e. The van der Waals surface area contributed by atoms with Crippen LogP contribution in [0.15, 0.2) is 40.2 Å². The molecule has 0 bridgehead atoms. The maximum absolute atomic E-state index is 12.4. The molecule has 0 unspecified atom stereocenters. The van der Waals surface area contributed by atoms with Gasteiger partial charge in [0, 0.05) is 5.69 Å². The minimum absolute atomic E-state index is 0.307. The van der Waals surface area contributed by atoms with Crippen molar-refractivity contribution in [1.82, 2.24) is 4.57 Å². The van der Waals surface area contributed by atoms with Gasteiger partial charge >= 0.3 is 5.97 Å².